The molecule has 0 saturated carbocycles. The Kier molecular flexibility index (Phi) is 5.52. The number of aromatic nitrogens is 2. The Labute approximate surface area is 164 Å². The Balaban J connectivity index is 1.43. The minimum absolute atomic E-state index is 0.197. The number of imidazole rings is 1. The van der Waals surface area contributed by atoms with Gasteiger partial charge in [-0.15, -0.1) is 0 Å². The van der Waals surface area contributed by atoms with Crippen molar-refractivity contribution in [1.29, 1.82) is 0 Å². The molecule has 5 heteroatoms. The monoisotopic (exact) mass is 373 g/mol. The van der Waals surface area contributed by atoms with Crippen LogP contribution in [0, 0.1) is 0 Å². The highest BCUT2D eigenvalue weighted by Gasteiger charge is 2.12. The molecular formula is C23H23N3O2. The van der Waals surface area contributed by atoms with Crippen molar-refractivity contribution in [1.82, 2.24) is 14.9 Å². The number of hydrogen-bond donors (Lipinski definition) is 1. The molecule has 28 heavy (non-hydrogen) atoms. The first kappa shape index (κ1) is 18.0. The number of nitrogens with zero attached hydrogens (tertiary/aromatic N) is 2. The zero-order chi connectivity index (χ0) is 19.2. The van der Waals surface area contributed by atoms with Crippen molar-refractivity contribution in [2.45, 2.75) is 25.8 Å². The maximum atomic E-state index is 12.0. The summed E-state index contributed by atoms with van der Waals surface area (Å²) in [6.07, 6.45) is 4.24. The molecule has 0 bridgehead atoms. The summed E-state index contributed by atoms with van der Waals surface area (Å²) in [6, 6.07) is 22.1. The van der Waals surface area contributed by atoms with Gasteiger partial charge in [0.25, 0.3) is 5.91 Å². The summed E-state index contributed by atoms with van der Waals surface area (Å²) in [4.78, 5) is 16.8. The number of rotatable bonds is 8. The lowest BCUT2D eigenvalue weighted by atomic mass is 10.1. The molecule has 2 aromatic carbocycles. The molecule has 2 heterocycles. The van der Waals surface area contributed by atoms with Gasteiger partial charge in [0.05, 0.1) is 17.3 Å². The molecule has 0 aliphatic rings. The molecule has 1 amide bonds. The predicted octanol–water partition coefficient (Wildman–Crippen LogP) is 4.23. The van der Waals surface area contributed by atoms with Gasteiger partial charge in [-0.3, -0.25) is 4.79 Å². The van der Waals surface area contributed by atoms with E-state index >= 15 is 0 Å². The van der Waals surface area contributed by atoms with Crippen molar-refractivity contribution in [2.75, 3.05) is 6.54 Å². The fourth-order valence-corrected chi connectivity index (χ4v) is 3.43. The number of fused-ring (bicyclic) bond motifs is 1. The number of hydrogen-bond acceptors (Lipinski definition) is 3. The number of nitrogens with one attached hydrogen (secondary N) is 1. The van der Waals surface area contributed by atoms with Gasteiger partial charge in [0.15, 0.2) is 5.76 Å². The van der Waals surface area contributed by atoms with Gasteiger partial charge in [-0.2, -0.15) is 0 Å². The van der Waals surface area contributed by atoms with Crippen molar-refractivity contribution in [3.8, 4) is 0 Å². The van der Waals surface area contributed by atoms with E-state index in [9.17, 15) is 4.79 Å². The number of amides is 1. The average Bonchev–Trinajstić information content (AvgIpc) is 3.38. The third-order valence-electron chi connectivity index (χ3n) is 4.80. The normalized spacial score (nSPS) is 11.0. The van der Waals surface area contributed by atoms with E-state index in [1.54, 1.807) is 12.1 Å². The van der Waals surface area contributed by atoms with Crippen molar-refractivity contribution >= 4 is 16.9 Å². The van der Waals surface area contributed by atoms with E-state index in [0.717, 1.165) is 36.2 Å². The summed E-state index contributed by atoms with van der Waals surface area (Å²) < 4.78 is 7.41. The second-order valence-corrected chi connectivity index (χ2v) is 6.74. The Morgan fingerprint density at radius 2 is 1.79 bits per heavy atom. The van der Waals surface area contributed by atoms with Crippen LogP contribution >= 0.6 is 0 Å². The molecule has 1 N–H and O–H groups in total. The Hall–Kier alpha value is -3.34. The molecule has 0 fully saturated rings. The Bertz CT molecular complexity index is 1040. The molecule has 0 aliphatic heterocycles. The second kappa shape index (κ2) is 8.57. The van der Waals surface area contributed by atoms with E-state index in [1.807, 2.05) is 24.3 Å². The van der Waals surface area contributed by atoms with E-state index in [1.165, 1.54) is 11.8 Å². The lowest BCUT2D eigenvalue weighted by molar-refractivity contribution is 0.0926. The van der Waals surface area contributed by atoms with Crippen LogP contribution in [0.2, 0.25) is 0 Å². The minimum Gasteiger partial charge on any atom is -0.459 e. The smallest absolute Gasteiger partial charge is 0.286 e. The number of furan rings is 1. The number of benzene rings is 2. The molecular weight excluding hydrogens is 350 g/mol. The molecule has 0 radical (unpaired) electrons. The van der Waals surface area contributed by atoms with Crippen molar-refractivity contribution in [3.63, 3.8) is 0 Å². The first-order valence-electron chi connectivity index (χ1n) is 9.61. The van der Waals surface area contributed by atoms with Crippen LogP contribution in [0.3, 0.4) is 0 Å². The average molecular weight is 373 g/mol. The molecule has 4 aromatic rings. The quantitative estimate of drug-likeness (QED) is 0.503. The molecule has 0 saturated heterocycles. The third-order valence-corrected chi connectivity index (χ3v) is 4.80. The van der Waals surface area contributed by atoms with Crippen LogP contribution < -0.4 is 5.32 Å². The van der Waals surface area contributed by atoms with Gasteiger partial charge in [0.1, 0.15) is 5.82 Å². The SMILES string of the molecule is O=C(NCCc1nc2ccccc2n1CCCc1ccccc1)c1ccco1. The number of carbonyl (C=O) groups is 1. The van der Waals surface area contributed by atoms with E-state index in [-0.39, 0.29) is 5.91 Å². The molecule has 4 rings (SSSR count). The third kappa shape index (κ3) is 4.14. The second-order valence-electron chi connectivity index (χ2n) is 6.74. The van der Waals surface area contributed by atoms with Gasteiger partial charge in [-0.05, 0) is 42.7 Å². The number of aryl methyl sites for hydroxylation is 2. The van der Waals surface area contributed by atoms with Gasteiger partial charge >= 0.3 is 0 Å². The molecule has 0 unspecified atom stereocenters. The van der Waals surface area contributed by atoms with Crippen LogP contribution in [0.25, 0.3) is 11.0 Å². The Morgan fingerprint density at radius 1 is 0.964 bits per heavy atom. The zero-order valence-corrected chi connectivity index (χ0v) is 15.7. The summed E-state index contributed by atoms with van der Waals surface area (Å²) >= 11 is 0. The molecule has 142 valence electrons. The van der Waals surface area contributed by atoms with Gasteiger partial charge in [0.2, 0.25) is 0 Å². The highest BCUT2D eigenvalue weighted by atomic mass is 16.3. The van der Waals surface area contributed by atoms with Crippen LogP contribution in [0.1, 0.15) is 28.4 Å². The Morgan fingerprint density at radius 3 is 2.61 bits per heavy atom. The van der Waals surface area contributed by atoms with Crippen molar-refractivity contribution < 1.29 is 9.21 Å². The van der Waals surface area contributed by atoms with E-state index < -0.39 is 0 Å². The van der Waals surface area contributed by atoms with Gasteiger partial charge < -0.3 is 14.3 Å². The first-order valence-corrected chi connectivity index (χ1v) is 9.61. The van der Waals surface area contributed by atoms with Gasteiger partial charge in [-0.25, -0.2) is 4.98 Å². The minimum atomic E-state index is -0.197. The van der Waals surface area contributed by atoms with E-state index in [0.29, 0.717) is 18.7 Å². The van der Waals surface area contributed by atoms with Crippen LogP contribution in [0.4, 0.5) is 0 Å². The lowest BCUT2D eigenvalue weighted by Gasteiger charge is -2.10. The number of carbonyl (C=O) groups excluding carboxylic acids is 1. The topological polar surface area (TPSA) is 60.1 Å². The van der Waals surface area contributed by atoms with Gasteiger partial charge in [-0.1, -0.05) is 42.5 Å². The standard InChI is InChI=1S/C23H23N3O2/c27-23(21-13-7-17-28-21)24-15-14-22-25-19-11-4-5-12-20(19)26(22)16-6-10-18-8-2-1-3-9-18/h1-5,7-9,11-13,17H,6,10,14-16H2,(H,24,27). The van der Waals surface area contributed by atoms with Crippen LogP contribution in [0.5, 0.6) is 0 Å². The summed E-state index contributed by atoms with van der Waals surface area (Å²) in [5.41, 5.74) is 3.48. The predicted molar refractivity (Wildman–Crippen MR) is 109 cm³/mol. The highest BCUT2D eigenvalue weighted by Crippen LogP contribution is 2.17. The fraction of sp³-hybridized carbons (Fsp3) is 0.217. The summed E-state index contributed by atoms with van der Waals surface area (Å²) in [5.74, 6) is 1.13. The zero-order valence-electron chi connectivity index (χ0n) is 15.7. The molecule has 0 aliphatic carbocycles. The summed E-state index contributed by atoms with van der Waals surface area (Å²) in [5, 5.41) is 2.90. The number of para-hydroxylation sites is 2. The van der Waals surface area contributed by atoms with Crippen LogP contribution in [-0.2, 0) is 19.4 Å². The van der Waals surface area contributed by atoms with Gasteiger partial charge in [0, 0.05) is 19.5 Å². The lowest BCUT2D eigenvalue weighted by Crippen LogP contribution is -2.26. The van der Waals surface area contributed by atoms with Crippen LogP contribution in [-0.4, -0.2) is 22.0 Å². The molecule has 5 nitrogen and oxygen atoms in total. The molecule has 0 spiro atoms. The van der Waals surface area contributed by atoms with Crippen LogP contribution in [0.15, 0.2) is 77.4 Å². The van der Waals surface area contributed by atoms with Crippen molar-refractivity contribution in [2.24, 2.45) is 0 Å². The highest BCUT2D eigenvalue weighted by molar-refractivity contribution is 5.91. The maximum absolute atomic E-state index is 12.0. The fourth-order valence-electron chi connectivity index (χ4n) is 3.43. The largest absolute Gasteiger partial charge is 0.459 e. The molecule has 0 atom stereocenters. The van der Waals surface area contributed by atoms with Crippen molar-refractivity contribution in [3.05, 3.63) is 90.1 Å². The van der Waals surface area contributed by atoms with E-state index in [2.05, 4.69) is 40.2 Å². The first-order chi connectivity index (χ1) is 13.8. The maximum Gasteiger partial charge on any atom is 0.286 e. The molecule has 2 aromatic heterocycles. The van der Waals surface area contributed by atoms with E-state index in [4.69, 9.17) is 9.40 Å². The summed E-state index contributed by atoms with van der Waals surface area (Å²) in [7, 11) is 0. The summed E-state index contributed by atoms with van der Waals surface area (Å²) in [6.45, 7) is 1.42.